The second kappa shape index (κ2) is 4.58. The van der Waals surface area contributed by atoms with Crippen molar-refractivity contribution < 1.29 is 14.3 Å². The molecule has 0 bridgehead atoms. The van der Waals surface area contributed by atoms with Crippen LogP contribution in [0.1, 0.15) is 16.1 Å². The highest BCUT2D eigenvalue weighted by molar-refractivity contribution is 9.10. The van der Waals surface area contributed by atoms with Crippen molar-refractivity contribution in [1.29, 1.82) is 0 Å². The molecule has 0 aliphatic carbocycles. The Balaban J connectivity index is 2.22. The van der Waals surface area contributed by atoms with Gasteiger partial charge in [-0.1, -0.05) is 15.9 Å². The number of nitrogens with zero attached hydrogens (tertiary/aromatic N) is 1. The first-order chi connectivity index (χ1) is 8.06. The number of oxazole rings is 1. The minimum absolute atomic E-state index is 0.123. The highest BCUT2D eigenvalue weighted by Gasteiger charge is 2.10. The first-order valence-electron chi connectivity index (χ1n) is 4.78. The molecule has 5 nitrogen and oxygen atoms in total. The Kier molecular flexibility index (Phi) is 3.14. The SMILES string of the molecule is Cc1cc(Br)ccc1Nc1nc(C(=O)O)co1. The average molecular weight is 297 g/mol. The third-order valence-electron chi connectivity index (χ3n) is 2.15. The van der Waals surface area contributed by atoms with E-state index in [1.807, 2.05) is 25.1 Å². The molecule has 17 heavy (non-hydrogen) atoms. The lowest BCUT2D eigenvalue weighted by Gasteiger charge is -2.05. The van der Waals surface area contributed by atoms with Crippen LogP contribution in [0.15, 0.2) is 33.4 Å². The summed E-state index contributed by atoms with van der Waals surface area (Å²) >= 11 is 3.36. The van der Waals surface area contributed by atoms with Crippen LogP contribution >= 0.6 is 15.9 Å². The number of carboxylic acids is 1. The number of halogens is 1. The number of carbonyl (C=O) groups is 1. The summed E-state index contributed by atoms with van der Waals surface area (Å²) < 4.78 is 5.97. The highest BCUT2D eigenvalue weighted by atomic mass is 79.9. The summed E-state index contributed by atoms with van der Waals surface area (Å²) in [5.41, 5.74) is 1.68. The smallest absolute Gasteiger partial charge is 0.357 e. The summed E-state index contributed by atoms with van der Waals surface area (Å²) in [7, 11) is 0. The Morgan fingerprint density at radius 3 is 2.88 bits per heavy atom. The quantitative estimate of drug-likeness (QED) is 0.910. The van der Waals surface area contributed by atoms with Crippen molar-refractivity contribution in [2.45, 2.75) is 6.92 Å². The molecule has 1 heterocycles. The minimum Gasteiger partial charge on any atom is -0.476 e. The summed E-state index contributed by atoms with van der Waals surface area (Å²) in [6.07, 6.45) is 1.10. The van der Waals surface area contributed by atoms with Gasteiger partial charge in [-0.15, -0.1) is 0 Å². The Labute approximate surface area is 106 Å². The molecule has 0 amide bonds. The van der Waals surface area contributed by atoms with Gasteiger partial charge in [0.15, 0.2) is 5.69 Å². The maximum absolute atomic E-state index is 10.6. The third kappa shape index (κ3) is 2.65. The third-order valence-corrected chi connectivity index (χ3v) is 2.65. The van der Waals surface area contributed by atoms with Gasteiger partial charge in [0.1, 0.15) is 6.26 Å². The molecule has 0 atom stereocenters. The van der Waals surface area contributed by atoms with Crippen LogP contribution < -0.4 is 5.32 Å². The molecule has 0 unspecified atom stereocenters. The Morgan fingerprint density at radius 1 is 1.53 bits per heavy atom. The number of benzene rings is 1. The predicted molar refractivity (Wildman–Crippen MR) is 65.6 cm³/mol. The number of carboxylic acid groups (broad SMARTS) is 1. The molecule has 1 aromatic heterocycles. The summed E-state index contributed by atoms with van der Waals surface area (Å²) in [5.74, 6) is -1.12. The van der Waals surface area contributed by atoms with Gasteiger partial charge >= 0.3 is 5.97 Å². The zero-order valence-electron chi connectivity index (χ0n) is 8.90. The van der Waals surface area contributed by atoms with E-state index in [9.17, 15) is 4.79 Å². The van der Waals surface area contributed by atoms with Gasteiger partial charge in [0, 0.05) is 10.2 Å². The van der Waals surface area contributed by atoms with Crippen molar-refractivity contribution >= 4 is 33.6 Å². The standard InChI is InChI=1S/C11H9BrN2O3/c1-6-4-7(12)2-3-8(6)13-11-14-9(5-17-11)10(15)16/h2-5H,1H3,(H,13,14)(H,15,16). The van der Waals surface area contributed by atoms with Crippen LogP contribution in [0.5, 0.6) is 0 Å². The maximum atomic E-state index is 10.6. The van der Waals surface area contributed by atoms with Crippen LogP contribution in [0.25, 0.3) is 0 Å². The number of aromatic nitrogens is 1. The molecular formula is C11H9BrN2O3. The topological polar surface area (TPSA) is 75.4 Å². The van der Waals surface area contributed by atoms with E-state index in [4.69, 9.17) is 9.52 Å². The van der Waals surface area contributed by atoms with E-state index in [0.717, 1.165) is 22.0 Å². The molecule has 0 spiro atoms. The highest BCUT2D eigenvalue weighted by Crippen LogP contribution is 2.23. The summed E-state index contributed by atoms with van der Waals surface area (Å²) in [6, 6.07) is 5.82. The molecule has 0 radical (unpaired) electrons. The fourth-order valence-electron chi connectivity index (χ4n) is 1.31. The summed E-state index contributed by atoms with van der Waals surface area (Å²) in [5, 5.41) is 11.6. The molecule has 0 aliphatic heterocycles. The van der Waals surface area contributed by atoms with Crippen LogP contribution in [0.4, 0.5) is 11.7 Å². The second-order valence-electron chi connectivity index (χ2n) is 3.43. The monoisotopic (exact) mass is 296 g/mol. The number of hydrogen-bond donors (Lipinski definition) is 2. The van der Waals surface area contributed by atoms with Gasteiger partial charge in [-0.3, -0.25) is 0 Å². The first kappa shape index (κ1) is 11.7. The maximum Gasteiger partial charge on any atom is 0.357 e. The van der Waals surface area contributed by atoms with Crippen LogP contribution in [0.2, 0.25) is 0 Å². The number of hydrogen-bond acceptors (Lipinski definition) is 4. The van der Waals surface area contributed by atoms with E-state index in [2.05, 4.69) is 26.2 Å². The van der Waals surface area contributed by atoms with Gasteiger partial charge in [0.2, 0.25) is 0 Å². The Hall–Kier alpha value is -1.82. The van der Waals surface area contributed by atoms with E-state index < -0.39 is 5.97 Å². The first-order valence-corrected chi connectivity index (χ1v) is 5.57. The number of anilines is 2. The number of aryl methyl sites for hydroxylation is 1. The Morgan fingerprint density at radius 2 is 2.29 bits per heavy atom. The van der Waals surface area contributed by atoms with Crippen molar-refractivity contribution in [2.75, 3.05) is 5.32 Å². The zero-order chi connectivity index (χ0) is 12.4. The molecule has 1 aromatic carbocycles. The number of nitrogens with one attached hydrogen (secondary N) is 1. The summed E-state index contributed by atoms with van der Waals surface area (Å²) in [6.45, 7) is 1.92. The number of aromatic carboxylic acids is 1. The van der Waals surface area contributed by atoms with Crippen LogP contribution in [-0.2, 0) is 0 Å². The second-order valence-corrected chi connectivity index (χ2v) is 4.34. The molecule has 0 saturated heterocycles. The summed E-state index contributed by atoms with van der Waals surface area (Å²) in [4.78, 5) is 14.4. The van der Waals surface area contributed by atoms with E-state index >= 15 is 0 Å². The normalized spacial score (nSPS) is 10.2. The predicted octanol–water partition coefficient (Wildman–Crippen LogP) is 3.19. The lowest BCUT2D eigenvalue weighted by molar-refractivity contribution is 0.0690. The van der Waals surface area contributed by atoms with Crippen molar-refractivity contribution in [3.05, 3.63) is 40.2 Å². The molecule has 0 fully saturated rings. The molecule has 6 heteroatoms. The van der Waals surface area contributed by atoms with Gasteiger partial charge in [-0.25, -0.2) is 4.79 Å². The molecule has 2 N–H and O–H groups in total. The van der Waals surface area contributed by atoms with Crippen molar-refractivity contribution in [3.63, 3.8) is 0 Å². The van der Waals surface area contributed by atoms with Crippen molar-refractivity contribution in [2.24, 2.45) is 0 Å². The average Bonchev–Trinajstić information content (AvgIpc) is 2.71. The zero-order valence-corrected chi connectivity index (χ0v) is 10.5. The Bertz CT molecular complexity index is 566. The van der Waals surface area contributed by atoms with Gasteiger partial charge < -0.3 is 14.8 Å². The van der Waals surface area contributed by atoms with Crippen LogP contribution in [0, 0.1) is 6.92 Å². The lowest BCUT2D eigenvalue weighted by Crippen LogP contribution is -1.97. The molecule has 2 aromatic rings. The number of rotatable bonds is 3. The van der Waals surface area contributed by atoms with Gasteiger partial charge in [-0.05, 0) is 30.7 Å². The minimum atomic E-state index is -1.12. The fourth-order valence-corrected chi connectivity index (χ4v) is 1.79. The van der Waals surface area contributed by atoms with E-state index in [-0.39, 0.29) is 11.7 Å². The van der Waals surface area contributed by atoms with Crippen molar-refractivity contribution in [1.82, 2.24) is 4.98 Å². The van der Waals surface area contributed by atoms with Gasteiger partial charge in [-0.2, -0.15) is 4.98 Å². The molecular weight excluding hydrogens is 288 g/mol. The largest absolute Gasteiger partial charge is 0.476 e. The van der Waals surface area contributed by atoms with Crippen LogP contribution in [0.3, 0.4) is 0 Å². The van der Waals surface area contributed by atoms with Gasteiger partial charge in [0.05, 0.1) is 0 Å². The van der Waals surface area contributed by atoms with E-state index in [1.165, 1.54) is 0 Å². The molecule has 0 saturated carbocycles. The molecule has 0 aliphatic rings. The van der Waals surface area contributed by atoms with Crippen LogP contribution in [-0.4, -0.2) is 16.1 Å². The lowest BCUT2D eigenvalue weighted by atomic mass is 10.2. The van der Waals surface area contributed by atoms with E-state index in [1.54, 1.807) is 0 Å². The molecule has 88 valence electrons. The van der Waals surface area contributed by atoms with Gasteiger partial charge in [0.25, 0.3) is 6.01 Å². The van der Waals surface area contributed by atoms with Crippen molar-refractivity contribution in [3.8, 4) is 0 Å². The fraction of sp³-hybridized carbons (Fsp3) is 0.0909. The van der Waals surface area contributed by atoms with E-state index in [0.29, 0.717) is 0 Å². The molecule has 2 rings (SSSR count).